The number of nitrogens with zero attached hydrogens (tertiary/aromatic N) is 1. The maximum Gasteiger partial charge on any atom is 0.227 e. The number of aromatic nitrogens is 1. The summed E-state index contributed by atoms with van der Waals surface area (Å²) in [7, 11) is 0. The van der Waals surface area contributed by atoms with Gasteiger partial charge in [0.25, 0.3) is 0 Å². The third kappa shape index (κ3) is 2.84. The lowest BCUT2D eigenvalue weighted by Gasteiger charge is -2.10. The molecule has 4 rings (SSSR count). The van der Waals surface area contributed by atoms with Gasteiger partial charge in [0, 0.05) is 17.2 Å². The summed E-state index contributed by atoms with van der Waals surface area (Å²) < 4.78 is 5.76. The number of nitrogens with one attached hydrogen (secondary N) is 1. The first kappa shape index (κ1) is 14.0. The summed E-state index contributed by atoms with van der Waals surface area (Å²) in [6.07, 6.45) is 4.34. The SMILES string of the molecule is O=C(Nc1ccc(-c2nc3ccccc3o2)cc1)C1CCCC1. The standard InChI is InChI=1S/C19H18N2O2/c22-18(13-5-1-2-6-13)20-15-11-9-14(10-12-15)19-21-16-7-3-4-8-17(16)23-19/h3-4,7-13H,1-2,5-6H2,(H,20,22). The molecule has 1 saturated carbocycles. The summed E-state index contributed by atoms with van der Waals surface area (Å²) in [5.74, 6) is 0.906. The highest BCUT2D eigenvalue weighted by atomic mass is 16.3. The van der Waals surface area contributed by atoms with E-state index in [-0.39, 0.29) is 11.8 Å². The summed E-state index contributed by atoms with van der Waals surface area (Å²) in [5.41, 5.74) is 3.35. The summed E-state index contributed by atoms with van der Waals surface area (Å²) in [4.78, 5) is 16.6. The van der Waals surface area contributed by atoms with Gasteiger partial charge in [-0.05, 0) is 49.2 Å². The Labute approximate surface area is 134 Å². The van der Waals surface area contributed by atoms with Crippen LogP contribution in [0.2, 0.25) is 0 Å². The molecule has 1 aliphatic carbocycles. The number of amides is 1. The molecule has 2 aromatic carbocycles. The molecule has 1 aliphatic rings. The van der Waals surface area contributed by atoms with Gasteiger partial charge in [0.15, 0.2) is 5.58 Å². The van der Waals surface area contributed by atoms with Gasteiger partial charge >= 0.3 is 0 Å². The van der Waals surface area contributed by atoms with Crippen LogP contribution >= 0.6 is 0 Å². The molecule has 116 valence electrons. The first-order valence-electron chi connectivity index (χ1n) is 8.06. The van der Waals surface area contributed by atoms with Crippen molar-refractivity contribution in [2.24, 2.45) is 5.92 Å². The molecular weight excluding hydrogens is 288 g/mol. The van der Waals surface area contributed by atoms with Gasteiger partial charge in [-0.1, -0.05) is 25.0 Å². The van der Waals surface area contributed by atoms with Crippen molar-refractivity contribution in [2.75, 3.05) is 5.32 Å². The Morgan fingerprint density at radius 1 is 1.04 bits per heavy atom. The Kier molecular flexibility index (Phi) is 3.58. The van der Waals surface area contributed by atoms with E-state index < -0.39 is 0 Å². The average molecular weight is 306 g/mol. The lowest BCUT2D eigenvalue weighted by molar-refractivity contribution is -0.119. The van der Waals surface area contributed by atoms with E-state index in [4.69, 9.17) is 4.42 Å². The number of carbonyl (C=O) groups excluding carboxylic acids is 1. The summed E-state index contributed by atoms with van der Waals surface area (Å²) in [6, 6.07) is 15.4. The molecule has 4 nitrogen and oxygen atoms in total. The Balaban J connectivity index is 1.52. The number of anilines is 1. The van der Waals surface area contributed by atoms with Gasteiger partial charge in [0.1, 0.15) is 5.52 Å². The fourth-order valence-electron chi connectivity index (χ4n) is 3.12. The fraction of sp³-hybridized carbons (Fsp3) is 0.263. The summed E-state index contributed by atoms with van der Waals surface area (Å²) >= 11 is 0. The highest BCUT2D eigenvalue weighted by Gasteiger charge is 2.22. The Morgan fingerprint density at radius 2 is 1.78 bits per heavy atom. The van der Waals surface area contributed by atoms with Crippen molar-refractivity contribution in [3.8, 4) is 11.5 Å². The molecule has 0 aliphatic heterocycles. The molecule has 1 heterocycles. The van der Waals surface area contributed by atoms with Crippen LogP contribution in [0.3, 0.4) is 0 Å². The van der Waals surface area contributed by atoms with Crippen LogP contribution < -0.4 is 5.32 Å². The van der Waals surface area contributed by atoms with Crippen molar-refractivity contribution in [1.82, 2.24) is 4.98 Å². The highest BCUT2D eigenvalue weighted by Crippen LogP contribution is 2.27. The van der Waals surface area contributed by atoms with E-state index in [1.807, 2.05) is 48.5 Å². The van der Waals surface area contributed by atoms with Crippen LogP contribution in [-0.2, 0) is 4.79 Å². The molecule has 1 fully saturated rings. The van der Waals surface area contributed by atoms with Crippen molar-refractivity contribution in [3.63, 3.8) is 0 Å². The van der Waals surface area contributed by atoms with Crippen molar-refractivity contribution < 1.29 is 9.21 Å². The normalized spacial score (nSPS) is 15.1. The monoisotopic (exact) mass is 306 g/mol. The minimum Gasteiger partial charge on any atom is -0.436 e. The van der Waals surface area contributed by atoms with Crippen LogP contribution in [0.1, 0.15) is 25.7 Å². The van der Waals surface area contributed by atoms with E-state index >= 15 is 0 Å². The molecule has 3 aromatic rings. The van der Waals surface area contributed by atoms with Crippen LogP contribution in [-0.4, -0.2) is 10.9 Å². The van der Waals surface area contributed by atoms with Gasteiger partial charge in [0.2, 0.25) is 11.8 Å². The molecular formula is C19H18N2O2. The predicted molar refractivity (Wildman–Crippen MR) is 90.0 cm³/mol. The summed E-state index contributed by atoms with van der Waals surface area (Å²) in [5, 5.41) is 3.00. The van der Waals surface area contributed by atoms with Crippen LogP contribution in [0.25, 0.3) is 22.6 Å². The van der Waals surface area contributed by atoms with E-state index in [1.54, 1.807) is 0 Å². The molecule has 0 radical (unpaired) electrons. The van der Waals surface area contributed by atoms with E-state index in [0.717, 1.165) is 48.0 Å². The third-order valence-electron chi connectivity index (χ3n) is 4.42. The van der Waals surface area contributed by atoms with Crippen molar-refractivity contribution in [2.45, 2.75) is 25.7 Å². The van der Waals surface area contributed by atoms with Gasteiger partial charge in [-0.3, -0.25) is 4.79 Å². The molecule has 0 spiro atoms. The molecule has 0 atom stereocenters. The van der Waals surface area contributed by atoms with Gasteiger partial charge in [-0.15, -0.1) is 0 Å². The fourth-order valence-corrected chi connectivity index (χ4v) is 3.12. The molecule has 1 amide bonds. The van der Waals surface area contributed by atoms with Gasteiger partial charge in [0.05, 0.1) is 0 Å². The molecule has 1 N–H and O–H groups in total. The van der Waals surface area contributed by atoms with E-state index in [1.165, 1.54) is 0 Å². The number of carbonyl (C=O) groups is 1. The van der Waals surface area contributed by atoms with Crippen molar-refractivity contribution in [3.05, 3.63) is 48.5 Å². The second-order valence-electron chi connectivity index (χ2n) is 6.03. The van der Waals surface area contributed by atoms with Crippen molar-refractivity contribution >= 4 is 22.7 Å². The van der Waals surface area contributed by atoms with Crippen LogP contribution in [0, 0.1) is 5.92 Å². The van der Waals surface area contributed by atoms with Gasteiger partial charge in [-0.2, -0.15) is 0 Å². The minimum atomic E-state index is 0.136. The highest BCUT2D eigenvalue weighted by molar-refractivity contribution is 5.92. The zero-order valence-corrected chi connectivity index (χ0v) is 12.8. The number of hydrogen-bond donors (Lipinski definition) is 1. The second kappa shape index (κ2) is 5.88. The minimum absolute atomic E-state index is 0.136. The third-order valence-corrected chi connectivity index (χ3v) is 4.42. The molecule has 0 unspecified atom stereocenters. The molecule has 1 aromatic heterocycles. The van der Waals surface area contributed by atoms with Crippen LogP contribution in [0.4, 0.5) is 5.69 Å². The zero-order chi connectivity index (χ0) is 15.6. The predicted octanol–water partition coefficient (Wildman–Crippen LogP) is 4.62. The lowest BCUT2D eigenvalue weighted by Crippen LogP contribution is -2.20. The Bertz CT molecular complexity index is 797. The number of para-hydroxylation sites is 2. The Hall–Kier alpha value is -2.62. The van der Waals surface area contributed by atoms with E-state index in [9.17, 15) is 4.79 Å². The molecule has 4 heteroatoms. The number of fused-ring (bicyclic) bond motifs is 1. The maximum absolute atomic E-state index is 12.1. The van der Waals surface area contributed by atoms with E-state index in [2.05, 4.69) is 10.3 Å². The first-order chi connectivity index (χ1) is 11.3. The number of oxazole rings is 1. The first-order valence-corrected chi connectivity index (χ1v) is 8.06. The van der Waals surface area contributed by atoms with Crippen LogP contribution in [0.15, 0.2) is 52.9 Å². The van der Waals surface area contributed by atoms with Crippen LogP contribution in [0.5, 0.6) is 0 Å². The maximum atomic E-state index is 12.1. The number of benzene rings is 2. The largest absolute Gasteiger partial charge is 0.436 e. The van der Waals surface area contributed by atoms with Crippen molar-refractivity contribution in [1.29, 1.82) is 0 Å². The van der Waals surface area contributed by atoms with Gasteiger partial charge in [-0.25, -0.2) is 4.98 Å². The average Bonchev–Trinajstić information content (AvgIpc) is 3.25. The summed E-state index contributed by atoms with van der Waals surface area (Å²) in [6.45, 7) is 0. The smallest absolute Gasteiger partial charge is 0.227 e. The Morgan fingerprint density at radius 3 is 2.52 bits per heavy atom. The lowest BCUT2D eigenvalue weighted by atomic mass is 10.1. The number of hydrogen-bond acceptors (Lipinski definition) is 3. The molecule has 23 heavy (non-hydrogen) atoms. The van der Waals surface area contributed by atoms with Gasteiger partial charge < -0.3 is 9.73 Å². The topological polar surface area (TPSA) is 55.1 Å². The quantitative estimate of drug-likeness (QED) is 0.768. The van der Waals surface area contributed by atoms with E-state index in [0.29, 0.717) is 5.89 Å². The second-order valence-corrected chi connectivity index (χ2v) is 6.03. The number of rotatable bonds is 3. The molecule has 0 bridgehead atoms. The zero-order valence-electron chi connectivity index (χ0n) is 12.8. The molecule has 0 saturated heterocycles.